The van der Waals surface area contributed by atoms with Crippen LogP contribution in [0.4, 0.5) is 0 Å². The summed E-state index contributed by atoms with van der Waals surface area (Å²) in [5.41, 5.74) is 0. The van der Waals surface area contributed by atoms with Crippen LogP contribution in [0.2, 0.25) is 6.55 Å². The summed E-state index contributed by atoms with van der Waals surface area (Å²) in [6.07, 6.45) is 6.06. The van der Waals surface area contributed by atoms with E-state index in [1.165, 1.54) is 24.4 Å². The van der Waals surface area contributed by atoms with E-state index in [4.69, 9.17) is 13.6 Å². The minimum atomic E-state index is -2.25. The van der Waals surface area contributed by atoms with Crippen LogP contribution in [0.3, 0.4) is 0 Å². The Morgan fingerprint density at radius 3 is 2.67 bits per heavy atom. The molecule has 1 aliphatic heterocycles. The molecular weight excluding hydrogens is 280 g/mol. The number of benzene rings is 1. The van der Waals surface area contributed by atoms with Crippen LogP contribution in [-0.2, 0) is 13.6 Å². The van der Waals surface area contributed by atoms with Crippen molar-refractivity contribution in [1.29, 1.82) is 0 Å². The molecule has 3 rings (SSSR count). The fourth-order valence-electron chi connectivity index (χ4n) is 3.39. The largest absolute Gasteiger partial charge is 0.391 e. The number of rotatable bonds is 7. The van der Waals surface area contributed by atoms with E-state index in [0.717, 1.165) is 18.9 Å². The van der Waals surface area contributed by atoms with Gasteiger partial charge >= 0.3 is 8.56 Å². The molecule has 1 aliphatic carbocycles. The van der Waals surface area contributed by atoms with Crippen LogP contribution in [0.5, 0.6) is 0 Å². The van der Waals surface area contributed by atoms with E-state index >= 15 is 0 Å². The normalized spacial score (nSPS) is 30.5. The van der Waals surface area contributed by atoms with Gasteiger partial charge in [0.15, 0.2) is 0 Å². The summed E-state index contributed by atoms with van der Waals surface area (Å²) >= 11 is 0. The molecule has 0 N–H and O–H groups in total. The average molecular weight is 306 g/mol. The second kappa shape index (κ2) is 6.61. The van der Waals surface area contributed by atoms with Crippen molar-refractivity contribution in [3.05, 3.63) is 30.3 Å². The SMILES string of the molecule is CCO[Si](C)(OCCC1CCC2OC2C1)c1ccccc1. The lowest BCUT2D eigenvalue weighted by Gasteiger charge is -2.28. The second-order valence-electron chi connectivity index (χ2n) is 6.27. The Morgan fingerprint density at radius 1 is 1.14 bits per heavy atom. The summed E-state index contributed by atoms with van der Waals surface area (Å²) < 4.78 is 17.9. The van der Waals surface area contributed by atoms with Crippen LogP contribution in [0.25, 0.3) is 0 Å². The molecule has 1 aromatic rings. The van der Waals surface area contributed by atoms with Crippen molar-refractivity contribution in [2.24, 2.45) is 5.92 Å². The molecule has 21 heavy (non-hydrogen) atoms. The fourth-order valence-corrected chi connectivity index (χ4v) is 5.67. The molecule has 1 aromatic carbocycles. The molecule has 0 bridgehead atoms. The van der Waals surface area contributed by atoms with Crippen molar-refractivity contribution in [1.82, 2.24) is 0 Å². The Bertz CT molecular complexity index is 453. The molecule has 4 heteroatoms. The summed E-state index contributed by atoms with van der Waals surface area (Å²) in [5.74, 6) is 0.768. The smallest absolute Gasteiger partial charge is 0.369 e. The van der Waals surface area contributed by atoms with Crippen molar-refractivity contribution in [3.63, 3.8) is 0 Å². The highest BCUT2D eigenvalue weighted by molar-refractivity contribution is 6.79. The van der Waals surface area contributed by atoms with Crippen LogP contribution in [0.1, 0.15) is 32.6 Å². The van der Waals surface area contributed by atoms with Gasteiger partial charge in [-0.3, -0.25) is 0 Å². The minimum absolute atomic E-state index is 0.563. The molecule has 116 valence electrons. The number of epoxide rings is 1. The average Bonchev–Trinajstić information content (AvgIpc) is 3.27. The number of fused-ring (bicyclic) bond motifs is 1. The van der Waals surface area contributed by atoms with Crippen molar-refractivity contribution >= 4 is 13.7 Å². The van der Waals surface area contributed by atoms with Gasteiger partial charge in [0.25, 0.3) is 0 Å². The number of hydrogen-bond acceptors (Lipinski definition) is 3. The van der Waals surface area contributed by atoms with Gasteiger partial charge < -0.3 is 13.6 Å². The van der Waals surface area contributed by atoms with Crippen LogP contribution in [0.15, 0.2) is 30.3 Å². The van der Waals surface area contributed by atoms with Gasteiger partial charge in [0.1, 0.15) is 0 Å². The first kappa shape index (κ1) is 15.2. The molecule has 3 nitrogen and oxygen atoms in total. The Labute approximate surface area is 128 Å². The molecule has 4 unspecified atom stereocenters. The summed E-state index contributed by atoms with van der Waals surface area (Å²) in [6.45, 7) is 5.72. The van der Waals surface area contributed by atoms with Crippen molar-refractivity contribution in [3.8, 4) is 0 Å². The quantitative estimate of drug-likeness (QED) is 0.573. The maximum Gasteiger partial charge on any atom is 0.369 e. The maximum atomic E-state index is 6.28. The molecule has 0 aromatic heterocycles. The third-order valence-corrected chi connectivity index (χ3v) is 7.71. The Hall–Kier alpha value is -0.683. The van der Waals surface area contributed by atoms with Gasteiger partial charge in [0.05, 0.1) is 12.2 Å². The topological polar surface area (TPSA) is 31.0 Å². The lowest BCUT2D eigenvalue weighted by molar-refractivity contribution is 0.175. The van der Waals surface area contributed by atoms with Crippen molar-refractivity contribution < 1.29 is 13.6 Å². The highest BCUT2D eigenvalue weighted by Gasteiger charge is 2.43. The van der Waals surface area contributed by atoms with Gasteiger partial charge in [-0.15, -0.1) is 0 Å². The molecule has 0 spiro atoms. The zero-order valence-corrected chi connectivity index (χ0v) is 14.1. The minimum Gasteiger partial charge on any atom is -0.391 e. The lowest BCUT2D eigenvalue weighted by atomic mass is 9.87. The monoisotopic (exact) mass is 306 g/mol. The lowest BCUT2D eigenvalue weighted by Crippen LogP contribution is -2.51. The molecular formula is C17H26O3Si. The number of hydrogen-bond donors (Lipinski definition) is 0. The summed E-state index contributed by atoms with van der Waals surface area (Å²) in [7, 11) is -2.25. The highest BCUT2D eigenvalue weighted by atomic mass is 28.4. The van der Waals surface area contributed by atoms with E-state index in [2.05, 4.69) is 30.8 Å². The third-order valence-electron chi connectivity index (χ3n) is 4.73. The van der Waals surface area contributed by atoms with Gasteiger partial charge in [0, 0.05) is 13.2 Å². The van der Waals surface area contributed by atoms with Gasteiger partial charge in [0.2, 0.25) is 0 Å². The first-order valence-electron chi connectivity index (χ1n) is 8.20. The number of ether oxygens (including phenoxy) is 1. The fraction of sp³-hybridized carbons (Fsp3) is 0.647. The molecule has 2 aliphatic rings. The summed E-state index contributed by atoms with van der Waals surface area (Å²) in [5, 5.41) is 1.22. The molecule has 4 atom stereocenters. The van der Waals surface area contributed by atoms with E-state index in [1.54, 1.807) is 0 Å². The van der Waals surface area contributed by atoms with Crippen LogP contribution < -0.4 is 5.19 Å². The Morgan fingerprint density at radius 2 is 1.95 bits per heavy atom. The van der Waals surface area contributed by atoms with Gasteiger partial charge in [-0.05, 0) is 50.3 Å². The molecule has 2 fully saturated rings. The standard InChI is InChI=1S/C17H26O3Si/c1-3-18-21(2,15-7-5-4-6-8-15)19-12-11-14-9-10-16-17(13-14)20-16/h4-8,14,16-17H,3,9-13H2,1-2H3. The van der Waals surface area contributed by atoms with Crippen LogP contribution in [-0.4, -0.2) is 34.0 Å². The van der Waals surface area contributed by atoms with E-state index < -0.39 is 8.56 Å². The third kappa shape index (κ3) is 3.75. The molecule has 1 saturated carbocycles. The molecule has 1 saturated heterocycles. The van der Waals surface area contributed by atoms with Crippen molar-refractivity contribution in [2.45, 2.75) is 51.4 Å². The molecule has 0 radical (unpaired) electrons. The molecule has 1 heterocycles. The van der Waals surface area contributed by atoms with Gasteiger partial charge in [-0.1, -0.05) is 30.3 Å². The van der Waals surface area contributed by atoms with E-state index in [0.29, 0.717) is 18.8 Å². The maximum absolute atomic E-state index is 6.28. The Kier molecular flexibility index (Phi) is 4.79. The highest BCUT2D eigenvalue weighted by Crippen LogP contribution is 2.40. The van der Waals surface area contributed by atoms with Crippen molar-refractivity contribution in [2.75, 3.05) is 13.2 Å². The van der Waals surface area contributed by atoms with Crippen LogP contribution >= 0.6 is 0 Å². The first-order valence-corrected chi connectivity index (χ1v) is 10.5. The summed E-state index contributed by atoms with van der Waals surface area (Å²) in [6, 6.07) is 10.4. The van der Waals surface area contributed by atoms with E-state index in [9.17, 15) is 0 Å². The van der Waals surface area contributed by atoms with Gasteiger partial charge in [-0.25, -0.2) is 0 Å². The zero-order valence-electron chi connectivity index (χ0n) is 13.1. The molecule has 0 amide bonds. The summed E-state index contributed by atoms with van der Waals surface area (Å²) in [4.78, 5) is 0. The second-order valence-corrected chi connectivity index (χ2v) is 9.32. The Balaban J connectivity index is 1.52. The first-order chi connectivity index (χ1) is 10.2. The van der Waals surface area contributed by atoms with Crippen LogP contribution in [0, 0.1) is 5.92 Å². The van der Waals surface area contributed by atoms with Gasteiger partial charge in [-0.2, -0.15) is 0 Å². The zero-order chi connectivity index (χ0) is 14.7. The van der Waals surface area contributed by atoms with E-state index in [-0.39, 0.29) is 0 Å². The predicted molar refractivity (Wildman–Crippen MR) is 85.9 cm³/mol. The van der Waals surface area contributed by atoms with E-state index in [1.807, 2.05) is 13.0 Å². The predicted octanol–water partition coefficient (Wildman–Crippen LogP) is 2.98.